The number of pyridine rings is 1. The van der Waals surface area contributed by atoms with E-state index in [0.29, 0.717) is 6.54 Å². The van der Waals surface area contributed by atoms with Crippen molar-refractivity contribution in [2.45, 2.75) is 19.0 Å². The van der Waals surface area contributed by atoms with Crippen molar-refractivity contribution in [2.24, 2.45) is 0 Å². The molecule has 0 aliphatic carbocycles. The van der Waals surface area contributed by atoms with Crippen molar-refractivity contribution in [1.29, 1.82) is 0 Å². The van der Waals surface area contributed by atoms with Crippen LogP contribution >= 0.6 is 0 Å². The highest BCUT2D eigenvalue weighted by molar-refractivity contribution is 6.05. The number of likely N-dealkylation sites (tertiary alicyclic amines) is 1. The lowest BCUT2D eigenvalue weighted by Gasteiger charge is -2.12. The number of likely N-dealkylation sites (N-methyl/N-ethyl adjacent to an activating group) is 1. The van der Waals surface area contributed by atoms with Gasteiger partial charge in [-0.25, -0.2) is 0 Å². The molecule has 0 bridgehead atoms. The molecule has 1 aromatic heterocycles. The number of nitrogens with zero attached hydrogens (tertiary/aromatic N) is 2. The van der Waals surface area contributed by atoms with Crippen molar-refractivity contribution in [3.63, 3.8) is 0 Å². The fourth-order valence-electron chi connectivity index (χ4n) is 2.46. The predicted octanol–water partition coefficient (Wildman–Crippen LogP) is 1.08. The van der Waals surface area contributed by atoms with Gasteiger partial charge in [-0.3, -0.25) is 19.5 Å². The number of carbonyl (C=O) groups is 2. The van der Waals surface area contributed by atoms with E-state index in [0.717, 1.165) is 16.5 Å². The third-order valence-electron chi connectivity index (χ3n) is 3.66. The molecule has 1 atom stereocenters. The Bertz CT molecular complexity index is 678. The van der Waals surface area contributed by atoms with Gasteiger partial charge in [-0.05, 0) is 17.7 Å². The Labute approximate surface area is 116 Å². The maximum atomic E-state index is 11.8. The van der Waals surface area contributed by atoms with Crippen molar-refractivity contribution in [1.82, 2.24) is 15.2 Å². The molecule has 1 aliphatic rings. The first-order chi connectivity index (χ1) is 9.66. The zero-order valence-corrected chi connectivity index (χ0v) is 11.2. The summed E-state index contributed by atoms with van der Waals surface area (Å²) in [6.07, 6.45) is 1.99. The molecule has 3 rings (SSSR count). The highest BCUT2D eigenvalue weighted by Gasteiger charge is 2.35. The highest BCUT2D eigenvalue weighted by Crippen LogP contribution is 2.17. The van der Waals surface area contributed by atoms with Gasteiger partial charge in [0.25, 0.3) is 0 Å². The molecule has 5 heteroatoms. The second kappa shape index (κ2) is 5.02. The van der Waals surface area contributed by atoms with Crippen LogP contribution in [0.2, 0.25) is 0 Å². The normalized spacial score (nSPS) is 19.1. The monoisotopic (exact) mass is 269 g/mol. The van der Waals surface area contributed by atoms with E-state index in [9.17, 15) is 9.59 Å². The standard InChI is InChI=1S/C15H15N3O2/c1-18-14(19)8-13(15(18)20)17-9-10-6-7-16-12-5-3-2-4-11(10)12/h2-7,13,17H,8-9H2,1H3. The molecular weight excluding hydrogens is 254 g/mol. The average molecular weight is 269 g/mol. The van der Waals surface area contributed by atoms with E-state index in [1.54, 1.807) is 6.20 Å². The van der Waals surface area contributed by atoms with E-state index in [2.05, 4.69) is 10.3 Å². The summed E-state index contributed by atoms with van der Waals surface area (Å²) in [5.74, 6) is -0.291. The number of fused-ring (bicyclic) bond motifs is 1. The number of amides is 2. The Kier molecular flexibility index (Phi) is 3.20. The molecule has 2 aromatic rings. The van der Waals surface area contributed by atoms with Gasteiger partial charge in [0.2, 0.25) is 11.8 Å². The molecule has 1 saturated heterocycles. The number of hydrogen-bond acceptors (Lipinski definition) is 4. The number of nitrogens with one attached hydrogen (secondary N) is 1. The Balaban J connectivity index is 1.78. The third kappa shape index (κ3) is 2.16. The van der Waals surface area contributed by atoms with Crippen LogP contribution in [-0.2, 0) is 16.1 Å². The van der Waals surface area contributed by atoms with E-state index >= 15 is 0 Å². The third-order valence-corrected chi connectivity index (χ3v) is 3.66. The van der Waals surface area contributed by atoms with Crippen molar-refractivity contribution < 1.29 is 9.59 Å². The fourth-order valence-corrected chi connectivity index (χ4v) is 2.46. The molecule has 20 heavy (non-hydrogen) atoms. The first-order valence-corrected chi connectivity index (χ1v) is 6.53. The van der Waals surface area contributed by atoms with E-state index in [-0.39, 0.29) is 18.2 Å². The number of benzene rings is 1. The summed E-state index contributed by atoms with van der Waals surface area (Å²) in [6, 6.07) is 9.38. The van der Waals surface area contributed by atoms with Crippen molar-refractivity contribution in [3.8, 4) is 0 Å². The minimum absolute atomic E-state index is 0.132. The fraction of sp³-hybridized carbons (Fsp3) is 0.267. The molecule has 0 saturated carbocycles. The van der Waals surface area contributed by atoms with Gasteiger partial charge < -0.3 is 5.32 Å². The Hall–Kier alpha value is -2.27. The molecule has 1 fully saturated rings. The minimum Gasteiger partial charge on any atom is -0.301 e. The molecule has 1 N–H and O–H groups in total. The molecule has 1 unspecified atom stereocenters. The maximum absolute atomic E-state index is 11.8. The Morgan fingerprint density at radius 1 is 1.30 bits per heavy atom. The number of aromatic nitrogens is 1. The Morgan fingerprint density at radius 3 is 2.85 bits per heavy atom. The summed E-state index contributed by atoms with van der Waals surface area (Å²) >= 11 is 0. The first kappa shape index (κ1) is 12.7. The van der Waals surface area contributed by atoms with Gasteiger partial charge in [0, 0.05) is 25.2 Å². The van der Waals surface area contributed by atoms with Gasteiger partial charge in [-0.1, -0.05) is 18.2 Å². The van der Waals surface area contributed by atoms with Crippen molar-refractivity contribution >= 4 is 22.7 Å². The molecule has 2 amide bonds. The van der Waals surface area contributed by atoms with E-state index in [1.807, 2.05) is 30.3 Å². The molecule has 0 radical (unpaired) electrons. The molecule has 1 aromatic carbocycles. The number of rotatable bonds is 3. The van der Waals surface area contributed by atoms with Gasteiger partial charge in [0.1, 0.15) is 0 Å². The second-order valence-electron chi connectivity index (χ2n) is 4.92. The second-order valence-corrected chi connectivity index (χ2v) is 4.92. The Morgan fingerprint density at radius 2 is 2.10 bits per heavy atom. The van der Waals surface area contributed by atoms with Gasteiger partial charge in [0.15, 0.2) is 0 Å². The molecular formula is C15H15N3O2. The van der Waals surface area contributed by atoms with Gasteiger partial charge in [0.05, 0.1) is 18.0 Å². The van der Waals surface area contributed by atoms with Crippen LogP contribution in [0, 0.1) is 0 Å². The molecule has 5 nitrogen and oxygen atoms in total. The van der Waals surface area contributed by atoms with E-state index < -0.39 is 6.04 Å². The molecule has 0 spiro atoms. The lowest BCUT2D eigenvalue weighted by molar-refractivity contribution is -0.137. The number of para-hydroxylation sites is 1. The SMILES string of the molecule is CN1C(=O)CC(NCc2ccnc3ccccc23)C1=O. The predicted molar refractivity (Wildman–Crippen MR) is 74.8 cm³/mol. The summed E-state index contributed by atoms with van der Waals surface area (Å²) < 4.78 is 0. The molecule has 102 valence electrons. The van der Waals surface area contributed by atoms with Crippen LogP contribution in [-0.4, -0.2) is 34.8 Å². The summed E-state index contributed by atoms with van der Waals surface area (Å²) in [4.78, 5) is 28.8. The van der Waals surface area contributed by atoms with Crippen molar-refractivity contribution in [2.75, 3.05) is 7.05 Å². The lowest BCUT2D eigenvalue weighted by Crippen LogP contribution is -2.36. The summed E-state index contributed by atoms with van der Waals surface area (Å²) in [5.41, 5.74) is 2.00. The summed E-state index contributed by atoms with van der Waals surface area (Å²) in [5, 5.41) is 4.22. The van der Waals surface area contributed by atoms with E-state index in [1.165, 1.54) is 11.9 Å². The van der Waals surface area contributed by atoms with Crippen LogP contribution in [0.15, 0.2) is 36.5 Å². The smallest absolute Gasteiger partial charge is 0.246 e. The van der Waals surface area contributed by atoms with Crippen molar-refractivity contribution in [3.05, 3.63) is 42.1 Å². The number of hydrogen-bond donors (Lipinski definition) is 1. The van der Waals surface area contributed by atoms with E-state index in [4.69, 9.17) is 0 Å². The van der Waals surface area contributed by atoms with Gasteiger partial charge in [-0.15, -0.1) is 0 Å². The van der Waals surface area contributed by atoms with Crippen LogP contribution in [0.3, 0.4) is 0 Å². The maximum Gasteiger partial charge on any atom is 0.246 e. The van der Waals surface area contributed by atoms with Gasteiger partial charge in [-0.2, -0.15) is 0 Å². The lowest BCUT2D eigenvalue weighted by atomic mass is 10.1. The van der Waals surface area contributed by atoms with Crippen LogP contribution in [0.4, 0.5) is 0 Å². The largest absolute Gasteiger partial charge is 0.301 e. The first-order valence-electron chi connectivity index (χ1n) is 6.53. The minimum atomic E-state index is -0.417. The topological polar surface area (TPSA) is 62.3 Å². The van der Waals surface area contributed by atoms with Crippen LogP contribution in [0.1, 0.15) is 12.0 Å². The highest BCUT2D eigenvalue weighted by atomic mass is 16.2. The average Bonchev–Trinajstić information content (AvgIpc) is 2.72. The molecule has 2 heterocycles. The zero-order valence-electron chi connectivity index (χ0n) is 11.2. The van der Waals surface area contributed by atoms with Crippen LogP contribution in [0.5, 0.6) is 0 Å². The number of imide groups is 1. The number of carbonyl (C=O) groups excluding carboxylic acids is 2. The summed E-state index contributed by atoms with van der Waals surface area (Å²) in [6.45, 7) is 0.542. The zero-order chi connectivity index (χ0) is 14.1. The van der Waals surface area contributed by atoms with Gasteiger partial charge >= 0.3 is 0 Å². The quantitative estimate of drug-likeness (QED) is 0.847. The van der Waals surface area contributed by atoms with Crippen LogP contribution < -0.4 is 5.32 Å². The van der Waals surface area contributed by atoms with Crippen LogP contribution in [0.25, 0.3) is 10.9 Å². The summed E-state index contributed by atoms with van der Waals surface area (Å²) in [7, 11) is 1.52. The molecule has 1 aliphatic heterocycles.